The molecule has 2 N–H and O–H groups in total. The number of benzene rings is 2. The third-order valence-electron chi connectivity index (χ3n) is 6.76. The van der Waals surface area contributed by atoms with Crippen LogP contribution in [0.25, 0.3) is 10.9 Å². The van der Waals surface area contributed by atoms with Crippen molar-refractivity contribution in [3.8, 4) is 0 Å². The molecule has 1 atom stereocenters. The normalized spacial score (nSPS) is 19.7. The largest absolute Gasteiger partial charge is 0.383 e. The topological polar surface area (TPSA) is 68.5 Å². The molecule has 0 aliphatic carbocycles. The number of anilines is 1. The SMILES string of the molecule is Cc1ccc([C@@H]2CN(C(=O)c3cc4c5c(c(N)nc4cc3F)COC5)CC2(C)C)cc1. The summed E-state index contributed by atoms with van der Waals surface area (Å²) in [6, 6.07) is 11.4. The average Bonchev–Trinajstić information content (AvgIpc) is 3.33. The first-order valence-electron chi connectivity index (χ1n) is 10.6. The van der Waals surface area contributed by atoms with Gasteiger partial charge in [0.25, 0.3) is 5.91 Å². The van der Waals surface area contributed by atoms with Gasteiger partial charge in [0.05, 0.1) is 24.3 Å². The summed E-state index contributed by atoms with van der Waals surface area (Å²) in [6.45, 7) is 8.31. The minimum absolute atomic E-state index is 0.0773. The molecule has 31 heavy (non-hydrogen) atoms. The maximum atomic E-state index is 15.0. The van der Waals surface area contributed by atoms with E-state index in [0.29, 0.717) is 37.6 Å². The van der Waals surface area contributed by atoms with Gasteiger partial charge in [-0.25, -0.2) is 9.37 Å². The van der Waals surface area contributed by atoms with Crippen LogP contribution in [-0.4, -0.2) is 28.9 Å². The van der Waals surface area contributed by atoms with Crippen molar-refractivity contribution in [2.45, 2.75) is 39.9 Å². The van der Waals surface area contributed by atoms with E-state index in [2.05, 4.69) is 50.0 Å². The lowest BCUT2D eigenvalue weighted by Gasteiger charge is -2.25. The Morgan fingerprint density at radius 1 is 1.19 bits per heavy atom. The molecule has 2 aromatic carbocycles. The van der Waals surface area contributed by atoms with Gasteiger partial charge in [0.1, 0.15) is 11.6 Å². The van der Waals surface area contributed by atoms with Gasteiger partial charge in [0, 0.05) is 36.0 Å². The standard InChI is InChI=1S/C25H26FN3O2/c1-14-4-6-15(7-5-14)20-10-29(13-25(20,2)3)24(30)17-8-16-18-11-31-12-19(18)23(27)28-22(16)9-21(17)26/h4-9,20H,10-13H2,1-3H3,(H2,27,28)/t20-/m0/s1. The number of carbonyl (C=O) groups excluding carboxylic acids is 1. The van der Waals surface area contributed by atoms with Gasteiger partial charge < -0.3 is 15.4 Å². The third kappa shape index (κ3) is 3.26. The number of nitrogens with zero attached hydrogens (tertiary/aromatic N) is 2. The number of hydrogen-bond donors (Lipinski definition) is 1. The quantitative estimate of drug-likeness (QED) is 0.661. The molecule has 3 heterocycles. The Bertz CT molecular complexity index is 1200. The second-order valence-electron chi connectivity index (χ2n) is 9.43. The summed E-state index contributed by atoms with van der Waals surface area (Å²) in [5, 5.41) is 0.736. The van der Waals surface area contributed by atoms with Gasteiger partial charge in [-0.2, -0.15) is 0 Å². The van der Waals surface area contributed by atoms with Crippen molar-refractivity contribution in [1.82, 2.24) is 9.88 Å². The number of hydrogen-bond acceptors (Lipinski definition) is 4. The lowest BCUT2D eigenvalue weighted by atomic mass is 9.78. The molecule has 0 saturated carbocycles. The van der Waals surface area contributed by atoms with E-state index < -0.39 is 5.82 Å². The van der Waals surface area contributed by atoms with Crippen LogP contribution in [0.1, 0.15) is 52.4 Å². The fraction of sp³-hybridized carbons (Fsp3) is 0.360. The summed E-state index contributed by atoms with van der Waals surface area (Å²) in [5.74, 6) is -0.299. The number of pyridine rings is 1. The zero-order chi connectivity index (χ0) is 21.9. The second-order valence-corrected chi connectivity index (χ2v) is 9.43. The Hall–Kier alpha value is -2.99. The Kier molecular flexibility index (Phi) is 4.52. The first-order chi connectivity index (χ1) is 14.7. The molecular weight excluding hydrogens is 393 g/mol. The number of halogens is 1. The maximum absolute atomic E-state index is 15.0. The van der Waals surface area contributed by atoms with Crippen molar-refractivity contribution in [3.05, 3.63) is 70.0 Å². The second kappa shape index (κ2) is 7.02. The Balaban J connectivity index is 1.51. The number of ether oxygens (including phenoxy) is 1. The molecule has 0 unspecified atom stereocenters. The summed E-state index contributed by atoms with van der Waals surface area (Å²) < 4.78 is 20.5. The highest BCUT2D eigenvalue weighted by molar-refractivity contribution is 5.99. The fourth-order valence-electron chi connectivity index (χ4n) is 4.97. The summed E-state index contributed by atoms with van der Waals surface area (Å²) in [6.07, 6.45) is 0. The van der Waals surface area contributed by atoms with E-state index in [0.717, 1.165) is 16.5 Å². The number of carbonyl (C=O) groups is 1. The highest BCUT2D eigenvalue weighted by Gasteiger charge is 2.42. The van der Waals surface area contributed by atoms with Crippen LogP contribution in [0.15, 0.2) is 36.4 Å². The Labute approximate surface area is 181 Å². The molecule has 0 bridgehead atoms. The monoisotopic (exact) mass is 419 g/mol. The number of nitrogens with two attached hydrogens (primary N) is 1. The molecule has 2 aliphatic heterocycles. The van der Waals surface area contributed by atoms with E-state index >= 15 is 4.39 Å². The van der Waals surface area contributed by atoms with Crippen LogP contribution >= 0.6 is 0 Å². The first-order valence-corrected chi connectivity index (χ1v) is 10.6. The van der Waals surface area contributed by atoms with Gasteiger partial charge in [-0.3, -0.25) is 4.79 Å². The molecule has 0 spiro atoms. The summed E-state index contributed by atoms with van der Waals surface area (Å²) in [4.78, 5) is 19.5. The zero-order valence-corrected chi connectivity index (χ0v) is 18.0. The lowest BCUT2D eigenvalue weighted by molar-refractivity contribution is 0.0773. The Morgan fingerprint density at radius 3 is 2.65 bits per heavy atom. The molecular formula is C25H26FN3O2. The average molecular weight is 420 g/mol. The van der Waals surface area contributed by atoms with E-state index in [1.807, 2.05) is 0 Å². The van der Waals surface area contributed by atoms with Crippen molar-refractivity contribution in [2.75, 3.05) is 18.8 Å². The van der Waals surface area contributed by atoms with Crippen LogP contribution in [0.5, 0.6) is 0 Å². The van der Waals surface area contributed by atoms with Crippen LogP contribution in [0.4, 0.5) is 10.2 Å². The van der Waals surface area contributed by atoms with E-state index in [-0.39, 0.29) is 22.8 Å². The number of aryl methyl sites for hydroxylation is 1. The van der Waals surface area contributed by atoms with E-state index in [1.165, 1.54) is 17.2 Å². The van der Waals surface area contributed by atoms with Crippen LogP contribution in [0.2, 0.25) is 0 Å². The van der Waals surface area contributed by atoms with Crippen LogP contribution in [0.3, 0.4) is 0 Å². The van der Waals surface area contributed by atoms with Gasteiger partial charge in [-0.05, 0) is 29.5 Å². The number of fused-ring (bicyclic) bond motifs is 3. The van der Waals surface area contributed by atoms with Crippen molar-refractivity contribution in [3.63, 3.8) is 0 Å². The lowest BCUT2D eigenvalue weighted by Crippen LogP contribution is -2.31. The summed E-state index contributed by atoms with van der Waals surface area (Å²) >= 11 is 0. The van der Waals surface area contributed by atoms with Gasteiger partial charge >= 0.3 is 0 Å². The predicted octanol–water partition coefficient (Wildman–Crippen LogP) is 4.56. The number of likely N-dealkylation sites (tertiary alicyclic amines) is 1. The van der Waals surface area contributed by atoms with E-state index in [4.69, 9.17) is 10.5 Å². The van der Waals surface area contributed by atoms with Gasteiger partial charge in [0.2, 0.25) is 0 Å². The van der Waals surface area contributed by atoms with Crippen LogP contribution < -0.4 is 5.73 Å². The number of nitrogen functional groups attached to an aromatic ring is 1. The first kappa shape index (κ1) is 19.9. The number of rotatable bonds is 2. The molecule has 1 saturated heterocycles. The smallest absolute Gasteiger partial charge is 0.256 e. The number of amides is 1. The third-order valence-corrected chi connectivity index (χ3v) is 6.76. The van der Waals surface area contributed by atoms with Gasteiger partial charge in [0.15, 0.2) is 0 Å². The minimum Gasteiger partial charge on any atom is -0.383 e. The molecule has 1 fully saturated rings. The molecule has 1 aromatic heterocycles. The van der Waals surface area contributed by atoms with Crippen molar-refractivity contribution >= 4 is 22.6 Å². The van der Waals surface area contributed by atoms with Crippen LogP contribution in [0, 0.1) is 18.2 Å². The number of aromatic nitrogens is 1. The highest BCUT2D eigenvalue weighted by atomic mass is 19.1. The summed E-state index contributed by atoms with van der Waals surface area (Å²) in [5.41, 5.74) is 10.6. The van der Waals surface area contributed by atoms with Gasteiger partial charge in [-0.15, -0.1) is 0 Å². The van der Waals surface area contributed by atoms with Crippen LogP contribution in [-0.2, 0) is 18.0 Å². The van der Waals surface area contributed by atoms with E-state index in [1.54, 1.807) is 11.0 Å². The Morgan fingerprint density at radius 2 is 1.90 bits per heavy atom. The molecule has 5 rings (SSSR count). The maximum Gasteiger partial charge on any atom is 0.256 e. The summed E-state index contributed by atoms with van der Waals surface area (Å²) in [7, 11) is 0. The highest BCUT2D eigenvalue weighted by Crippen LogP contribution is 2.43. The predicted molar refractivity (Wildman–Crippen MR) is 118 cm³/mol. The minimum atomic E-state index is -0.570. The molecule has 160 valence electrons. The molecule has 2 aliphatic rings. The molecule has 6 heteroatoms. The van der Waals surface area contributed by atoms with E-state index in [9.17, 15) is 4.79 Å². The van der Waals surface area contributed by atoms with Crippen molar-refractivity contribution in [1.29, 1.82) is 0 Å². The van der Waals surface area contributed by atoms with Crippen molar-refractivity contribution in [2.24, 2.45) is 5.41 Å². The fourth-order valence-corrected chi connectivity index (χ4v) is 4.97. The molecule has 0 radical (unpaired) electrons. The van der Waals surface area contributed by atoms with Gasteiger partial charge in [-0.1, -0.05) is 43.7 Å². The van der Waals surface area contributed by atoms with Crippen molar-refractivity contribution < 1.29 is 13.9 Å². The molecule has 5 nitrogen and oxygen atoms in total. The molecule has 3 aromatic rings. The zero-order valence-electron chi connectivity index (χ0n) is 18.0. The molecule has 1 amide bonds.